The molecule has 2 fully saturated rings. The average Bonchev–Trinajstić information content (AvgIpc) is 3.43. The molecule has 0 bridgehead atoms. The van der Waals surface area contributed by atoms with E-state index in [1.807, 2.05) is 0 Å². The zero-order chi connectivity index (χ0) is 24.2. The molecule has 10 heteroatoms. The number of rotatable bonds is 7. The molecule has 0 atom stereocenters. The van der Waals surface area contributed by atoms with Crippen LogP contribution in [-0.2, 0) is 16.2 Å². The van der Waals surface area contributed by atoms with Crippen LogP contribution in [0.2, 0.25) is 0 Å². The van der Waals surface area contributed by atoms with Crippen LogP contribution in [0.25, 0.3) is 6.08 Å². The van der Waals surface area contributed by atoms with Crippen LogP contribution in [0.15, 0.2) is 41.3 Å². The molecule has 0 aliphatic carbocycles. The van der Waals surface area contributed by atoms with E-state index < -0.39 is 11.1 Å². The fraction of sp³-hybridized carbons (Fsp3) is 0.292. The first-order valence-corrected chi connectivity index (χ1v) is 12.5. The number of carbonyl (C=O) groups is 3. The third-order valence-corrected chi connectivity index (χ3v) is 7.16. The zero-order valence-electron chi connectivity index (χ0n) is 18.4. The predicted molar refractivity (Wildman–Crippen MR) is 135 cm³/mol. The highest BCUT2D eigenvalue weighted by Gasteiger charge is 2.37. The molecule has 2 saturated heterocycles. The van der Waals surface area contributed by atoms with Crippen molar-refractivity contribution in [2.45, 2.75) is 19.4 Å². The molecule has 0 unspecified atom stereocenters. The third-order valence-electron chi connectivity index (χ3n) is 5.45. The lowest BCUT2D eigenvalue weighted by atomic mass is 10.1. The second-order valence-corrected chi connectivity index (χ2v) is 9.96. The van der Waals surface area contributed by atoms with Crippen LogP contribution in [0.3, 0.4) is 0 Å². The van der Waals surface area contributed by atoms with E-state index in [0.717, 1.165) is 33.1 Å². The number of benzene rings is 2. The number of methoxy groups -OCH3 is 1. The summed E-state index contributed by atoms with van der Waals surface area (Å²) in [5.74, 6) is -0.0963. The van der Waals surface area contributed by atoms with Crippen molar-refractivity contribution in [2.24, 2.45) is 0 Å². The molecule has 34 heavy (non-hydrogen) atoms. The maximum atomic E-state index is 13.4. The minimum atomic E-state index is -0.483. The summed E-state index contributed by atoms with van der Waals surface area (Å²) in [6, 6.07) is 9.65. The highest BCUT2D eigenvalue weighted by atomic mass is 127. The second-order valence-electron chi connectivity index (χ2n) is 7.81. The first kappa shape index (κ1) is 24.5. The van der Waals surface area contributed by atoms with Gasteiger partial charge in [0.2, 0.25) is 5.91 Å². The van der Waals surface area contributed by atoms with Gasteiger partial charge >= 0.3 is 0 Å². The molecule has 178 valence electrons. The van der Waals surface area contributed by atoms with E-state index in [1.165, 1.54) is 19.2 Å². The maximum Gasteiger partial charge on any atom is 0.294 e. The van der Waals surface area contributed by atoms with Gasteiger partial charge < -0.3 is 14.4 Å². The number of hydrogen-bond donors (Lipinski definition) is 0. The van der Waals surface area contributed by atoms with E-state index >= 15 is 0 Å². The Kier molecular flexibility index (Phi) is 7.77. The maximum absolute atomic E-state index is 13.4. The van der Waals surface area contributed by atoms with Gasteiger partial charge in [0, 0.05) is 13.1 Å². The number of thioether (sulfide) groups is 1. The summed E-state index contributed by atoms with van der Waals surface area (Å²) < 4.78 is 25.5. The quantitative estimate of drug-likeness (QED) is 0.342. The number of likely N-dealkylation sites (tertiary alicyclic amines) is 1. The Hall–Kier alpha value is -2.60. The fourth-order valence-corrected chi connectivity index (χ4v) is 5.35. The summed E-state index contributed by atoms with van der Waals surface area (Å²) in [5.41, 5.74) is 1.33. The molecule has 0 radical (unpaired) electrons. The lowest BCUT2D eigenvalue weighted by Crippen LogP contribution is -2.40. The highest BCUT2D eigenvalue weighted by Crippen LogP contribution is 2.37. The molecule has 2 aromatic rings. The molecule has 0 saturated carbocycles. The van der Waals surface area contributed by atoms with Crippen molar-refractivity contribution in [1.82, 2.24) is 9.80 Å². The summed E-state index contributed by atoms with van der Waals surface area (Å²) in [4.78, 5) is 40.6. The smallest absolute Gasteiger partial charge is 0.294 e. The van der Waals surface area contributed by atoms with E-state index in [1.54, 1.807) is 35.2 Å². The third kappa shape index (κ3) is 5.54. The number of imide groups is 1. The van der Waals surface area contributed by atoms with Crippen LogP contribution in [0.5, 0.6) is 11.5 Å². The highest BCUT2D eigenvalue weighted by molar-refractivity contribution is 14.1. The topological polar surface area (TPSA) is 76.2 Å². The van der Waals surface area contributed by atoms with Gasteiger partial charge in [-0.25, -0.2) is 4.39 Å². The number of ether oxygens (including phenoxy) is 2. The van der Waals surface area contributed by atoms with E-state index in [9.17, 15) is 18.8 Å². The van der Waals surface area contributed by atoms with Crippen molar-refractivity contribution in [1.29, 1.82) is 0 Å². The molecule has 0 spiro atoms. The summed E-state index contributed by atoms with van der Waals surface area (Å²) in [7, 11) is 1.50. The molecule has 2 aliphatic rings. The van der Waals surface area contributed by atoms with E-state index in [-0.39, 0.29) is 29.8 Å². The van der Waals surface area contributed by atoms with Gasteiger partial charge in [-0.05, 0) is 88.7 Å². The Bertz CT molecular complexity index is 1170. The van der Waals surface area contributed by atoms with Gasteiger partial charge in [-0.1, -0.05) is 12.1 Å². The van der Waals surface area contributed by atoms with Crippen molar-refractivity contribution in [3.05, 3.63) is 61.8 Å². The van der Waals surface area contributed by atoms with Gasteiger partial charge in [-0.3, -0.25) is 19.3 Å². The number of halogens is 2. The molecule has 7 nitrogen and oxygen atoms in total. The molecular weight excluding hydrogens is 574 g/mol. The molecular formula is C24H22FIN2O5S. The van der Waals surface area contributed by atoms with Crippen LogP contribution in [0.1, 0.15) is 24.0 Å². The van der Waals surface area contributed by atoms with Crippen LogP contribution in [0.4, 0.5) is 9.18 Å². The Labute approximate surface area is 214 Å². The van der Waals surface area contributed by atoms with E-state index in [0.29, 0.717) is 35.7 Å². The Morgan fingerprint density at radius 2 is 1.97 bits per heavy atom. The van der Waals surface area contributed by atoms with Gasteiger partial charge in [-0.15, -0.1) is 0 Å². The molecule has 2 aliphatic heterocycles. The standard InChI is InChI=1S/C24H22FIN2O5S/c1-32-19-11-16(10-18(26)22(19)33-14-15-5-4-6-17(25)9-15)12-20-23(30)28(24(31)34-20)13-21(29)27-7-2-3-8-27/h4-6,9-12H,2-3,7-8,13-14H2,1H3/b20-12+. The summed E-state index contributed by atoms with van der Waals surface area (Å²) in [6.07, 6.45) is 3.48. The largest absolute Gasteiger partial charge is 0.493 e. The van der Waals surface area contributed by atoms with Gasteiger partial charge in [0.15, 0.2) is 11.5 Å². The second kappa shape index (κ2) is 10.8. The van der Waals surface area contributed by atoms with E-state index in [4.69, 9.17) is 9.47 Å². The molecule has 0 aromatic heterocycles. The van der Waals surface area contributed by atoms with Crippen LogP contribution >= 0.6 is 34.4 Å². The Balaban J connectivity index is 1.49. The number of nitrogens with zero attached hydrogens (tertiary/aromatic N) is 2. The summed E-state index contributed by atoms with van der Waals surface area (Å²) >= 11 is 2.91. The van der Waals surface area contributed by atoms with Gasteiger partial charge in [-0.2, -0.15) is 0 Å². The van der Waals surface area contributed by atoms with E-state index in [2.05, 4.69) is 22.6 Å². The van der Waals surface area contributed by atoms with Crippen molar-refractivity contribution in [2.75, 3.05) is 26.7 Å². The Morgan fingerprint density at radius 3 is 2.68 bits per heavy atom. The van der Waals surface area contributed by atoms with Gasteiger partial charge in [0.1, 0.15) is 19.0 Å². The fourth-order valence-electron chi connectivity index (χ4n) is 3.73. The molecule has 2 aromatic carbocycles. The number of hydrogen-bond acceptors (Lipinski definition) is 6. The van der Waals surface area contributed by atoms with Crippen molar-refractivity contribution in [3.8, 4) is 11.5 Å². The van der Waals surface area contributed by atoms with Crippen molar-refractivity contribution in [3.63, 3.8) is 0 Å². The van der Waals surface area contributed by atoms with Crippen LogP contribution in [-0.4, -0.2) is 53.6 Å². The number of amides is 3. The SMILES string of the molecule is COc1cc(/C=C2/SC(=O)N(CC(=O)N3CCCC3)C2=O)cc(I)c1OCc1cccc(F)c1. The van der Waals surface area contributed by atoms with Crippen molar-refractivity contribution >= 4 is 57.5 Å². The van der Waals surface area contributed by atoms with Gasteiger partial charge in [0.05, 0.1) is 15.6 Å². The molecule has 4 rings (SSSR count). The molecule has 2 heterocycles. The minimum Gasteiger partial charge on any atom is -0.493 e. The zero-order valence-corrected chi connectivity index (χ0v) is 21.4. The average molecular weight is 596 g/mol. The summed E-state index contributed by atoms with van der Waals surface area (Å²) in [6.45, 7) is 1.25. The first-order chi connectivity index (χ1) is 16.4. The predicted octanol–water partition coefficient (Wildman–Crippen LogP) is 4.68. The lowest BCUT2D eigenvalue weighted by molar-refractivity contribution is -0.135. The van der Waals surface area contributed by atoms with Gasteiger partial charge in [0.25, 0.3) is 11.1 Å². The number of carbonyl (C=O) groups excluding carboxylic acids is 3. The lowest BCUT2D eigenvalue weighted by Gasteiger charge is -2.18. The molecule has 3 amide bonds. The molecule has 0 N–H and O–H groups in total. The minimum absolute atomic E-state index is 0.160. The summed E-state index contributed by atoms with van der Waals surface area (Å²) in [5, 5.41) is -0.458. The normalized spacial score (nSPS) is 17.1. The van der Waals surface area contributed by atoms with Crippen LogP contribution in [0, 0.1) is 9.39 Å². The Morgan fingerprint density at radius 1 is 1.21 bits per heavy atom. The first-order valence-electron chi connectivity index (χ1n) is 10.6. The monoisotopic (exact) mass is 596 g/mol. The van der Waals surface area contributed by atoms with Crippen molar-refractivity contribution < 1.29 is 28.2 Å². The van der Waals surface area contributed by atoms with Crippen LogP contribution < -0.4 is 9.47 Å².